The molecule has 2 rings (SSSR count). The van der Waals surface area contributed by atoms with Gasteiger partial charge in [0.15, 0.2) is 6.61 Å². The minimum Gasteiger partial charge on any atom is -0.484 e. The van der Waals surface area contributed by atoms with Crippen LogP contribution in [0.15, 0.2) is 28.7 Å². The van der Waals surface area contributed by atoms with Gasteiger partial charge in [0, 0.05) is 17.1 Å². The van der Waals surface area contributed by atoms with Crippen LogP contribution in [0.2, 0.25) is 0 Å². The second-order valence-corrected chi connectivity index (χ2v) is 6.13. The van der Waals surface area contributed by atoms with Crippen molar-refractivity contribution in [3.63, 3.8) is 0 Å². The maximum absolute atomic E-state index is 11.8. The van der Waals surface area contributed by atoms with Crippen LogP contribution in [0.1, 0.15) is 25.7 Å². The summed E-state index contributed by atoms with van der Waals surface area (Å²) < 4.78 is 6.42. The minimum absolute atomic E-state index is 0.0432. The molecule has 0 heterocycles. The van der Waals surface area contributed by atoms with Crippen LogP contribution in [-0.2, 0) is 4.79 Å². The van der Waals surface area contributed by atoms with E-state index in [1.807, 2.05) is 24.3 Å². The predicted molar refractivity (Wildman–Crippen MR) is 80.6 cm³/mol. The fourth-order valence-electron chi connectivity index (χ4n) is 2.44. The highest BCUT2D eigenvalue weighted by Crippen LogP contribution is 2.23. The van der Waals surface area contributed by atoms with Gasteiger partial charge in [-0.25, -0.2) is 0 Å². The zero-order valence-electron chi connectivity index (χ0n) is 11.3. The van der Waals surface area contributed by atoms with Crippen LogP contribution in [0.4, 0.5) is 0 Å². The van der Waals surface area contributed by atoms with Gasteiger partial charge in [0.25, 0.3) is 5.91 Å². The fourth-order valence-corrected chi connectivity index (χ4v) is 2.70. The van der Waals surface area contributed by atoms with Crippen molar-refractivity contribution in [2.45, 2.75) is 31.7 Å². The first kappa shape index (κ1) is 15.3. The molecule has 0 aromatic heterocycles. The minimum atomic E-state index is -0.0830. The molecule has 1 amide bonds. The molecule has 1 fully saturated rings. The zero-order chi connectivity index (χ0) is 14.4. The largest absolute Gasteiger partial charge is 0.484 e. The van der Waals surface area contributed by atoms with Gasteiger partial charge in [-0.05, 0) is 55.9 Å². The van der Waals surface area contributed by atoms with Crippen molar-refractivity contribution in [3.05, 3.63) is 28.7 Å². The van der Waals surface area contributed by atoms with E-state index in [1.54, 1.807) is 0 Å². The molecule has 0 radical (unpaired) electrons. The van der Waals surface area contributed by atoms with Crippen molar-refractivity contribution in [2.24, 2.45) is 5.92 Å². The van der Waals surface area contributed by atoms with Gasteiger partial charge in [-0.3, -0.25) is 4.79 Å². The van der Waals surface area contributed by atoms with E-state index in [2.05, 4.69) is 21.2 Å². The number of aliphatic hydroxyl groups excluding tert-OH is 1. The Kier molecular flexibility index (Phi) is 5.86. The molecule has 0 bridgehead atoms. The van der Waals surface area contributed by atoms with E-state index in [-0.39, 0.29) is 25.2 Å². The molecule has 5 heteroatoms. The normalized spacial score (nSPS) is 22.3. The average molecular weight is 342 g/mol. The van der Waals surface area contributed by atoms with Crippen LogP contribution >= 0.6 is 15.9 Å². The number of hydrogen-bond donors (Lipinski definition) is 2. The molecule has 0 aliphatic heterocycles. The Bertz CT molecular complexity index is 427. The summed E-state index contributed by atoms with van der Waals surface area (Å²) in [5, 5.41) is 12.1. The standard InChI is InChI=1S/C15H20BrNO3/c16-12-3-7-14(8-4-12)20-10-15(19)17-13-5-1-11(9-18)2-6-13/h3-4,7-8,11,13,18H,1-2,5-6,9-10H2,(H,17,19). The molecule has 0 atom stereocenters. The summed E-state index contributed by atoms with van der Waals surface area (Å²) >= 11 is 3.35. The number of amides is 1. The van der Waals surface area contributed by atoms with Gasteiger partial charge >= 0.3 is 0 Å². The number of rotatable bonds is 5. The number of nitrogens with one attached hydrogen (secondary N) is 1. The van der Waals surface area contributed by atoms with Gasteiger partial charge in [0.1, 0.15) is 5.75 Å². The maximum Gasteiger partial charge on any atom is 0.258 e. The van der Waals surface area contributed by atoms with E-state index in [9.17, 15) is 4.79 Å². The molecule has 1 aliphatic carbocycles. The van der Waals surface area contributed by atoms with Gasteiger partial charge in [-0.15, -0.1) is 0 Å². The highest BCUT2D eigenvalue weighted by atomic mass is 79.9. The summed E-state index contributed by atoms with van der Waals surface area (Å²) in [6.07, 6.45) is 3.84. The summed E-state index contributed by atoms with van der Waals surface area (Å²) in [6.45, 7) is 0.301. The Morgan fingerprint density at radius 2 is 1.90 bits per heavy atom. The summed E-state index contributed by atoms with van der Waals surface area (Å²) in [7, 11) is 0. The number of carbonyl (C=O) groups excluding carboxylic acids is 1. The Hall–Kier alpha value is -1.07. The first-order chi connectivity index (χ1) is 9.67. The number of carbonyl (C=O) groups is 1. The first-order valence-electron chi connectivity index (χ1n) is 6.96. The topological polar surface area (TPSA) is 58.6 Å². The zero-order valence-corrected chi connectivity index (χ0v) is 12.9. The maximum atomic E-state index is 11.8. The monoisotopic (exact) mass is 341 g/mol. The van der Waals surface area contributed by atoms with Gasteiger partial charge in [0.2, 0.25) is 0 Å². The third-order valence-electron chi connectivity index (χ3n) is 3.65. The lowest BCUT2D eigenvalue weighted by Crippen LogP contribution is -2.40. The summed E-state index contributed by atoms with van der Waals surface area (Å²) in [4.78, 5) is 11.8. The van der Waals surface area contributed by atoms with Crippen LogP contribution in [0.25, 0.3) is 0 Å². The summed E-state index contributed by atoms with van der Waals surface area (Å²) in [5.74, 6) is 1.01. The van der Waals surface area contributed by atoms with Crippen LogP contribution in [-0.4, -0.2) is 30.3 Å². The van der Waals surface area contributed by atoms with Crippen molar-refractivity contribution in [1.82, 2.24) is 5.32 Å². The Morgan fingerprint density at radius 1 is 1.25 bits per heavy atom. The highest BCUT2D eigenvalue weighted by Gasteiger charge is 2.21. The molecule has 1 aromatic rings. The summed E-state index contributed by atoms with van der Waals surface area (Å²) in [5.41, 5.74) is 0. The Labute approximate surface area is 127 Å². The van der Waals surface area contributed by atoms with Crippen molar-refractivity contribution in [3.8, 4) is 5.75 Å². The van der Waals surface area contributed by atoms with E-state index >= 15 is 0 Å². The average Bonchev–Trinajstić information content (AvgIpc) is 2.47. The Morgan fingerprint density at radius 3 is 2.50 bits per heavy atom. The van der Waals surface area contributed by atoms with Crippen molar-refractivity contribution in [2.75, 3.05) is 13.2 Å². The van der Waals surface area contributed by atoms with Crippen molar-refractivity contribution >= 4 is 21.8 Å². The number of benzene rings is 1. The van der Waals surface area contributed by atoms with Gasteiger partial charge < -0.3 is 15.2 Å². The van der Waals surface area contributed by atoms with E-state index in [4.69, 9.17) is 9.84 Å². The SMILES string of the molecule is O=C(COc1ccc(Br)cc1)NC1CCC(CO)CC1. The molecule has 1 saturated carbocycles. The summed E-state index contributed by atoms with van der Waals surface area (Å²) in [6, 6.07) is 7.62. The third-order valence-corrected chi connectivity index (χ3v) is 4.18. The van der Waals surface area contributed by atoms with E-state index in [0.717, 1.165) is 30.2 Å². The van der Waals surface area contributed by atoms with Crippen LogP contribution in [0.3, 0.4) is 0 Å². The molecular weight excluding hydrogens is 322 g/mol. The lowest BCUT2D eigenvalue weighted by atomic mass is 9.86. The van der Waals surface area contributed by atoms with Gasteiger partial charge in [-0.1, -0.05) is 15.9 Å². The Balaban J connectivity index is 1.69. The number of hydrogen-bond acceptors (Lipinski definition) is 3. The quantitative estimate of drug-likeness (QED) is 0.864. The number of ether oxygens (including phenoxy) is 1. The van der Waals surface area contributed by atoms with Crippen molar-refractivity contribution < 1.29 is 14.6 Å². The molecule has 0 saturated heterocycles. The highest BCUT2D eigenvalue weighted by molar-refractivity contribution is 9.10. The molecule has 1 aliphatic rings. The van der Waals surface area contributed by atoms with E-state index in [0.29, 0.717) is 11.7 Å². The predicted octanol–water partition coefficient (Wildman–Crippen LogP) is 2.50. The molecule has 0 spiro atoms. The van der Waals surface area contributed by atoms with Crippen LogP contribution in [0, 0.1) is 5.92 Å². The number of halogens is 1. The van der Waals surface area contributed by atoms with Crippen LogP contribution < -0.4 is 10.1 Å². The smallest absolute Gasteiger partial charge is 0.258 e. The molecule has 0 unspecified atom stereocenters. The number of aliphatic hydroxyl groups is 1. The third kappa shape index (κ3) is 4.80. The molecule has 4 nitrogen and oxygen atoms in total. The van der Waals surface area contributed by atoms with E-state index in [1.165, 1.54) is 0 Å². The van der Waals surface area contributed by atoms with Gasteiger partial charge in [0.05, 0.1) is 0 Å². The second-order valence-electron chi connectivity index (χ2n) is 5.21. The molecular formula is C15H20BrNO3. The first-order valence-corrected chi connectivity index (χ1v) is 7.75. The second kappa shape index (κ2) is 7.64. The molecule has 2 N–H and O–H groups in total. The lowest BCUT2D eigenvalue weighted by Gasteiger charge is -2.27. The fraction of sp³-hybridized carbons (Fsp3) is 0.533. The van der Waals surface area contributed by atoms with Gasteiger partial charge in [-0.2, -0.15) is 0 Å². The van der Waals surface area contributed by atoms with Crippen LogP contribution in [0.5, 0.6) is 5.75 Å². The molecule has 110 valence electrons. The molecule has 20 heavy (non-hydrogen) atoms. The molecule has 1 aromatic carbocycles. The van der Waals surface area contributed by atoms with Crippen molar-refractivity contribution in [1.29, 1.82) is 0 Å². The lowest BCUT2D eigenvalue weighted by molar-refractivity contribution is -0.124. The van der Waals surface area contributed by atoms with E-state index < -0.39 is 0 Å².